The molecule has 7 heteroatoms. The van der Waals surface area contributed by atoms with E-state index in [1.165, 1.54) is 12.1 Å². The van der Waals surface area contributed by atoms with E-state index in [0.717, 1.165) is 6.92 Å². The number of hydrogen-bond donors (Lipinski definition) is 1. The molecule has 0 spiro atoms. The van der Waals surface area contributed by atoms with Gasteiger partial charge in [-0.15, -0.1) is 0 Å². The maximum Gasteiger partial charge on any atom is 0.354 e. The summed E-state index contributed by atoms with van der Waals surface area (Å²) in [6.07, 6.45) is 0. The van der Waals surface area contributed by atoms with Crippen molar-refractivity contribution in [2.45, 2.75) is 12.6 Å². The monoisotopic (exact) mass is 235 g/mol. The zero-order valence-electron chi connectivity index (χ0n) is 8.90. The van der Waals surface area contributed by atoms with Crippen molar-refractivity contribution in [2.75, 3.05) is 0 Å². The van der Waals surface area contributed by atoms with Gasteiger partial charge in [0.05, 0.1) is 5.56 Å². The fraction of sp³-hybridized carbons (Fsp3) is 0.200. The molecule has 0 bridgehead atoms. The zero-order valence-corrected chi connectivity index (χ0v) is 8.90. The Bertz CT molecular complexity index is 478. The van der Waals surface area contributed by atoms with Gasteiger partial charge < -0.3 is 9.84 Å². The quantitative estimate of drug-likeness (QED) is 0.372. The Balaban J connectivity index is 2.94. The number of aliphatic carboxylic acids is 1. The predicted molar refractivity (Wildman–Crippen MR) is 57.0 cm³/mol. The van der Waals surface area contributed by atoms with E-state index in [1.54, 1.807) is 18.2 Å². The van der Waals surface area contributed by atoms with E-state index in [0.29, 0.717) is 0 Å². The van der Waals surface area contributed by atoms with Crippen molar-refractivity contribution >= 4 is 11.9 Å². The van der Waals surface area contributed by atoms with Crippen LogP contribution in [0.5, 0.6) is 0 Å². The average molecular weight is 235 g/mol. The topological polar surface area (TPSA) is 112 Å². The number of azide groups is 1. The van der Waals surface area contributed by atoms with E-state index in [9.17, 15) is 9.59 Å². The third-order valence-corrected chi connectivity index (χ3v) is 1.93. The maximum atomic E-state index is 11.6. The first kappa shape index (κ1) is 12.5. The van der Waals surface area contributed by atoms with Crippen molar-refractivity contribution in [3.8, 4) is 0 Å². The summed E-state index contributed by atoms with van der Waals surface area (Å²) in [6, 6.07) is 7.81. The summed E-state index contributed by atoms with van der Waals surface area (Å²) >= 11 is 0. The van der Waals surface area contributed by atoms with Crippen LogP contribution < -0.4 is 0 Å². The van der Waals surface area contributed by atoms with Gasteiger partial charge in [-0.2, -0.15) is 0 Å². The molecular weight excluding hydrogens is 226 g/mol. The second kappa shape index (κ2) is 5.00. The Morgan fingerprint density at radius 2 is 2.00 bits per heavy atom. The standard InChI is InChI=1S/C10H9N3O4/c1-10(9(15)16,12-13-11)17-8(14)7-5-3-2-4-6-7/h2-6H,1H3,(H,15,16). The third kappa shape index (κ3) is 2.96. The van der Waals surface area contributed by atoms with Gasteiger partial charge in [0.1, 0.15) is 0 Å². The molecule has 1 unspecified atom stereocenters. The van der Waals surface area contributed by atoms with Gasteiger partial charge in [-0.25, -0.2) is 9.59 Å². The van der Waals surface area contributed by atoms with Crippen molar-refractivity contribution in [2.24, 2.45) is 5.11 Å². The molecule has 0 saturated carbocycles. The number of carbonyl (C=O) groups excluding carboxylic acids is 1. The molecule has 17 heavy (non-hydrogen) atoms. The maximum absolute atomic E-state index is 11.6. The van der Waals surface area contributed by atoms with Gasteiger partial charge in [-0.3, -0.25) is 0 Å². The molecule has 0 radical (unpaired) electrons. The lowest BCUT2D eigenvalue weighted by Gasteiger charge is -2.19. The number of ether oxygens (including phenoxy) is 1. The lowest BCUT2D eigenvalue weighted by atomic mass is 10.2. The van der Waals surface area contributed by atoms with Gasteiger partial charge in [-0.05, 0) is 29.7 Å². The first-order valence-electron chi connectivity index (χ1n) is 4.57. The number of carboxylic acid groups (broad SMARTS) is 1. The van der Waals surface area contributed by atoms with Crippen LogP contribution in [0.3, 0.4) is 0 Å². The molecule has 0 aromatic heterocycles. The fourth-order valence-electron chi connectivity index (χ4n) is 1.01. The molecule has 0 aliphatic rings. The first-order chi connectivity index (χ1) is 7.99. The summed E-state index contributed by atoms with van der Waals surface area (Å²) in [4.78, 5) is 24.7. The number of hydrogen-bond acceptors (Lipinski definition) is 4. The molecule has 1 rings (SSSR count). The molecule has 0 fully saturated rings. The molecule has 1 aromatic rings. The molecular formula is C10H9N3O4. The van der Waals surface area contributed by atoms with Crippen molar-refractivity contribution in [1.29, 1.82) is 0 Å². The van der Waals surface area contributed by atoms with Gasteiger partial charge in [0.15, 0.2) is 0 Å². The van der Waals surface area contributed by atoms with Crippen molar-refractivity contribution in [1.82, 2.24) is 0 Å². The van der Waals surface area contributed by atoms with Gasteiger partial charge in [0.25, 0.3) is 5.72 Å². The number of nitrogens with zero attached hydrogens (tertiary/aromatic N) is 3. The highest BCUT2D eigenvalue weighted by Gasteiger charge is 2.36. The van der Waals surface area contributed by atoms with E-state index < -0.39 is 17.7 Å². The van der Waals surface area contributed by atoms with Gasteiger partial charge >= 0.3 is 11.9 Å². The SMILES string of the molecule is CC(N=[N+]=[N-])(OC(=O)c1ccccc1)C(=O)O. The van der Waals surface area contributed by atoms with E-state index in [2.05, 4.69) is 14.8 Å². The van der Waals surface area contributed by atoms with Gasteiger partial charge in [0.2, 0.25) is 0 Å². The summed E-state index contributed by atoms with van der Waals surface area (Å²) < 4.78 is 4.67. The van der Waals surface area contributed by atoms with Crippen LogP contribution in [0.15, 0.2) is 35.4 Å². The normalized spacial score (nSPS) is 13.0. The fourth-order valence-corrected chi connectivity index (χ4v) is 1.01. The smallest absolute Gasteiger partial charge is 0.354 e. The first-order valence-corrected chi connectivity index (χ1v) is 4.57. The van der Waals surface area contributed by atoms with Crippen LogP contribution in [0, 0.1) is 0 Å². The van der Waals surface area contributed by atoms with E-state index in [1.807, 2.05) is 0 Å². The van der Waals surface area contributed by atoms with Crippen LogP contribution >= 0.6 is 0 Å². The van der Waals surface area contributed by atoms with E-state index in [4.69, 9.17) is 10.6 Å². The molecule has 0 aliphatic heterocycles. The molecule has 0 aliphatic carbocycles. The van der Waals surface area contributed by atoms with Crippen LogP contribution in [0.4, 0.5) is 0 Å². The highest BCUT2D eigenvalue weighted by molar-refractivity contribution is 5.92. The summed E-state index contributed by atoms with van der Waals surface area (Å²) in [6.45, 7) is 0.996. The third-order valence-electron chi connectivity index (χ3n) is 1.93. The highest BCUT2D eigenvalue weighted by atomic mass is 16.6. The largest absolute Gasteiger partial charge is 0.478 e. The van der Waals surface area contributed by atoms with Crippen LogP contribution in [-0.4, -0.2) is 22.8 Å². The molecule has 7 nitrogen and oxygen atoms in total. The predicted octanol–water partition coefficient (Wildman–Crippen LogP) is 1.95. The number of rotatable bonds is 4. The summed E-state index contributed by atoms with van der Waals surface area (Å²) in [5.74, 6) is -2.41. The highest BCUT2D eigenvalue weighted by Crippen LogP contribution is 2.16. The summed E-state index contributed by atoms with van der Waals surface area (Å²) in [5.41, 5.74) is 6.16. The molecule has 1 atom stereocenters. The molecule has 0 saturated heterocycles. The van der Waals surface area contributed by atoms with Crippen LogP contribution in [-0.2, 0) is 9.53 Å². The second-order valence-electron chi connectivity index (χ2n) is 3.23. The molecule has 0 amide bonds. The van der Waals surface area contributed by atoms with Crippen LogP contribution in [0.2, 0.25) is 0 Å². The number of esters is 1. The Labute approximate surface area is 96.3 Å². The van der Waals surface area contributed by atoms with Gasteiger partial charge in [0, 0.05) is 4.91 Å². The van der Waals surface area contributed by atoms with Crippen molar-refractivity contribution in [3.63, 3.8) is 0 Å². The van der Waals surface area contributed by atoms with Crippen LogP contribution in [0.25, 0.3) is 10.4 Å². The number of benzene rings is 1. The minimum atomic E-state index is -2.25. The van der Waals surface area contributed by atoms with Gasteiger partial charge in [-0.1, -0.05) is 18.2 Å². The molecule has 88 valence electrons. The minimum absolute atomic E-state index is 0.174. The molecule has 1 N–H and O–H groups in total. The number of carboxylic acids is 1. The Morgan fingerprint density at radius 3 is 2.47 bits per heavy atom. The Morgan fingerprint density at radius 1 is 1.41 bits per heavy atom. The Kier molecular flexibility index (Phi) is 3.69. The summed E-state index contributed by atoms with van der Waals surface area (Å²) in [7, 11) is 0. The molecule has 0 heterocycles. The minimum Gasteiger partial charge on any atom is -0.478 e. The average Bonchev–Trinajstić information content (AvgIpc) is 2.30. The Hall–Kier alpha value is -2.53. The van der Waals surface area contributed by atoms with E-state index >= 15 is 0 Å². The second-order valence-corrected chi connectivity index (χ2v) is 3.23. The van der Waals surface area contributed by atoms with Crippen molar-refractivity contribution in [3.05, 3.63) is 46.3 Å². The lowest BCUT2D eigenvalue weighted by Crippen LogP contribution is -2.38. The zero-order chi connectivity index (χ0) is 12.9. The number of carbonyl (C=O) groups is 2. The summed E-state index contributed by atoms with van der Waals surface area (Å²) in [5, 5.41) is 11.8. The van der Waals surface area contributed by atoms with Crippen molar-refractivity contribution < 1.29 is 19.4 Å². The lowest BCUT2D eigenvalue weighted by molar-refractivity contribution is -0.156. The molecule has 1 aromatic carbocycles. The van der Waals surface area contributed by atoms with Crippen LogP contribution in [0.1, 0.15) is 17.3 Å². The van der Waals surface area contributed by atoms with E-state index in [-0.39, 0.29) is 5.56 Å².